The van der Waals surface area contributed by atoms with Crippen LogP contribution in [0.4, 0.5) is 37.0 Å². The van der Waals surface area contributed by atoms with E-state index in [9.17, 15) is 37.0 Å². The number of hydrogen-bond donors (Lipinski definition) is 0. The van der Waals surface area contributed by atoms with E-state index in [1.54, 1.807) is 12.1 Å². The van der Waals surface area contributed by atoms with Crippen LogP contribution < -0.4 is 4.74 Å². The molecule has 3 aromatic rings. The Morgan fingerprint density at radius 1 is 0.756 bits per heavy atom. The molecular weight excluding hydrogens is 579 g/mol. The molecule has 1 fully saturated rings. The summed E-state index contributed by atoms with van der Waals surface area (Å²) in [4.78, 5) is -2.32. The quantitative estimate of drug-likeness (QED) is 0.164. The van der Waals surface area contributed by atoms with Gasteiger partial charge in [0.1, 0.15) is 27.8 Å². The van der Waals surface area contributed by atoms with Crippen molar-refractivity contribution in [2.24, 2.45) is 5.92 Å². The van der Waals surface area contributed by atoms with Crippen molar-refractivity contribution in [2.45, 2.75) is 75.2 Å². The molecular formula is C30H31F9OS. The summed E-state index contributed by atoms with van der Waals surface area (Å²) in [6.45, 7) is 2.18. The topological polar surface area (TPSA) is 9.23 Å². The molecule has 0 aliphatic heterocycles. The molecule has 226 valence electrons. The first kappa shape index (κ1) is 31.1. The fourth-order valence-electron chi connectivity index (χ4n) is 5.40. The summed E-state index contributed by atoms with van der Waals surface area (Å²) in [6.07, 6.45) is 4.74. The molecule has 0 unspecified atom stereocenters. The molecule has 0 heterocycles. The molecule has 0 atom stereocenters. The highest BCUT2D eigenvalue weighted by Gasteiger charge is 2.65. The summed E-state index contributed by atoms with van der Waals surface area (Å²) in [5.74, 6) is -3.14. The Morgan fingerprint density at radius 2 is 1.32 bits per heavy atom. The molecule has 1 aliphatic carbocycles. The van der Waals surface area contributed by atoms with Gasteiger partial charge in [0.05, 0.1) is 0 Å². The molecule has 0 spiro atoms. The van der Waals surface area contributed by atoms with E-state index >= 15 is 0 Å². The largest absolute Gasteiger partial charge is 0.432 e. The van der Waals surface area contributed by atoms with Gasteiger partial charge in [0.25, 0.3) is 0 Å². The zero-order chi connectivity index (χ0) is 30.1. The first-order chi connectivity index (χ1) is 19.0. The Balaban J connectivity index is 1.46. The second-order valence-corrected chi connectivity index (χ2v) is 13.1. The van der Waals surface area contributed by atoms with Gasteiger partial charge in [0.15, 0.2) is 0 Å². The molecule has 3 aromatic carbocycles. The fourth-order valence-corrected chi connectivity index (χ4v) is 6.05. The fraction of sp³-hybridized carbons (Fsp3) is 0.400. The van der Waals surface area contributed by atoms with Crippen molar-refractivity contribution in [3.8, 4) is 16.9 Å². The number of unbranched alkanes of at least 4 members (excludes halogenated alkanes) is 2. The van der Waals surface area contributed by atoms with Crippen LogP contribution in [0.15, 0.2) is 65.6 Å². The first-order valence-electron chi connectivity index (χ1n) is 13.5. The van der Waals surface area contributed by atoms with E-state index in [0.29, 0.717) is 23.6 Å². The Morgan fingerprint density at radius 3 is 1.83 bits per heavy atom. The monoisotopic (exact) mass is 610 g/mol. The number of halogens is 9. The van der Waals surface area contributed by atoms with E-state index < -0.39 is 44.2 Å². The molecule has 0 bridgehead atoms. The van der Waals surface area contributed by atoms with E-state index in [4.69, 9.17) is 0 Å². The number of rotatable bonds is 10. The summed E-state index contributed by atoms with van der Waals surface area (Å²) in [5.41, 5.74) is -0.243. The number of alkyl halides is 2. The molecule has 1 nitrogen and oxygen atoms in total. The van der Waals surface area contributed by atoms with Gasteiger partial charge in [-0.15, -0.1) is 0 Å². The van der Waals surface area contributed by atoms with Crippen molar-refractivity contribution in [3.05, 3.63) is 83.4 Å². The molecule has 0 aromatic heterocycles. The number of benzene rings is 3. The second-order valence-electron chi connectivity index (χ2n) is 10.7. The highest BCUT2D eigenvalue weighted by molar-refractivity contribution is 8.45. The normalized spacial score (nSPS) is 19.9. The number of ether oxygens (including phenoxy) is 1. The third-order valence-electron chi connectivity index (χ3n) is 7.63. The molecule has 4 rings (SSSR count). The van der Waals surface area contributed by atoms with E-state index in [2.05, 4.69) is 11.7 Å². The van der Waals surface area contributed by atoms with Crippen LogP contribution in [0.25, 0.3) is 11.1 Å². The summed E-state index contributed by atoms with van der Waals surface area (Å²) in [5, 5.41) is 0. The zero-order valence-electron chi connectivity index (χ0n) is 22.3. The Kier molecular flexibility index (Phi) is 8.19. The highest BCUT2D eigenvalue weighted by atomic mass is 32.5. The molecule has 0 radical (unpaired) electrons. The summed E-state index contributed by atoms with van der Waals surface area (Å²) < 4.78 is 127. The lowest BCUT2D eigenvalue weighted by molar-refractivity contribution is -0.189. The third kappa shape index (κ3) is 7.72. The van der Waals surface area contributed by atoms with E-state index in [1.165, 1.54) is 25.7 Å². The predicted octanol–water partition coefficient (Wildman–Crippen LogP) is 12.3. The maximum absolute atomic E-state index is 14.8. The van der Waals surface area contributed by atoms with Gasteiger partial charge in [-0.05, 0) is 90.6 Å². The molecule has 11 heteroatoms. The van der Waals surface area contributed by atoms with Crippen LogP contribution in [0.3, 0.4) is 0 Å². The Bertz CT molecular complexity index is 1320. The van der Waals surface area contributed by atoms with Gasteiger partial charge >= 0.3 is 16.3 Å². The molecule has 0 N–H and O–H groups in total. The molecule has 1 saturated carbocycles. The summed E-state index contributed by atoms with van der Waals surface area (Å²) in [6, 6.07) is 8.70. The molecule has 0 saturated heterocycles. The van der Waals surface area contributed by atoms with Crippen LogP contribution in [-0.2, 0) is 6.11 Å². The van der Waals surface area contributed by atoms with Gasteiger partial charge in [-0.2, -0.15) is 8.78 Å². The average molecular weight is 611 g/mol. The van der Waals surface area contributed by atoms with Crippen molar-refractivity contribution in [1.29, 1.82) is 0 Å². The van der Waals surface area contributed by atoms with Crippen LogP contribution in [0.1, 0.15) is 75.3 Å². The van der Waals surface area contributed by atoms with Crippen LogP contribution in [-0.4, -0.2) is 0 Å². The lowest BCUT2D eigenvalue weighted by Gasteiger charge is -2.40. The van der Waals surface area contributed by atoms with Crippen molar-refractivity contribution < 1.29 is 41.7 Å². The lowest BCUT2D eigenvalue weighted by atomic mass is 9.77. The minimum Gasteiger partial charge on any atom is -0.429 e. The van der Waals surface area contributed by atoms with E-state index in [1.807, 2.05) is 12.1 Å². The van der Waals surface area contributed by atoms with Crippen LogP contribution in [0.5, 0.6) is 5.75 Å². The van der Waals surface area contributed by atoms with E-state index in [-0.39, 0.29) is 29.8 Å². The minimum absolute atomic E-state index is 0.00552. The zero-order valence-corrected chi connectivity index (χ0v) is 23.1. The standard InChI is InChI=1S/C30H31F9OS/c1-2-3-4-5-20-6-8-21(9-7-20)22-10-12-23(13-11-22)24-18-27(31)29(28(32)19-24)30(33,34)40-25-14-16-26(17-15-25)41(35,36,37,38)39/h10-21H,2-9H2,1H3. The lowest BCUT2D eigenvalue weighted by Crippen LogP contribution is -2.25. The smallest absolute Gasteiger partial charge is 0.429 e. The maximum atomic E-state index is 14.8. The third-order valence-corrected chi connectivity index (χ3v) is 8.79. The van der Waals surface area contributed by atoms with Crippen LogP contribution in [0, 0.1) is 17.6 Å². The van der Waals surface area contributed by atoms with E-state index in [0.717, 1.165) is 37.2 Å². The summed E-state index contributed by atoms with van der Waals surface area (Å²) in [7, 11) is -10.0. The van der Waals surface area contributed by atoms with Crippen molar-refractivity contribution >= 4 is 10.2 Å². The second kappa shape index (κ2) is 10.8. The molecule has 41 heavy (non-hydrogen) atoms. The summed E-state index contributed by atoms with van der Waals surface area (Å²) >= 11 is 0. The minimum atomic E-state index is -10.0. The van der Waals surface area contributed by atoms with Gasteiger partial charge in [-0.1, -0.05) is 76.3 Å². The van der Waals surface area contributed by atoms with Crippen molar-refractivity contribution in [3.63, 3.8) is 0 Å². The van der Waals surface area contributed by atoms with Gasteiger partial charge in [0, 0.05) is 0 Å². The number of hydrogen-bond acceptors (Lipinski definition) is 1. The van der Waals surface area contributed by atoms with Crippen molar-refractivity contribution in [1.82, 2.24) is 0 Å². The molecule has 0 amide bonds. The van der Waals surface area contributed by atoms with Gasteiger partial charge < -0.3 is 4.74 Å². The highest BCUT2D eigenvalue weighted by Crippen LogP contribution is 3.02. The van der Waals surface area contributed by atoms with Crippen LogP contribution in [0.2, 0.25) is 0 Å². The molecule has 1 aliphatic rings. The Hall–Kier alpha value is -2.82. The van der Waals surface area contributed by atoms with Gasteiger partial charge in [-0.3, -0.25) is 0 Å². The predicted molar refractivity (Wildman–Crippen MR) is 143 cm³/mol. The first-order valence-corrected chi connectivity index (χ1v) is 15.4. The van der Waals surface area contributed by atoms with Gasteiger partial charge in [-0.25, -0.2) is 8.78 Å². The van der Waals surface area contributed by atoms with Crippen LogP contribution >= 0.6 is 10.2 Å². The van der Waals surface area contributed by atoms with Gasteiger partial charge in [0.2, 0.25) is 0 Å². The van der Waals surface area contributed by atoms with Crippen molar-refractivity contribution in [2.75, 3.05) is 0 Å². The Labute approximate surface area is 233 Å². The maximum Gasteiger partial charge on any atom is 0.432 e. The average Bonchev–Trinajstić information content (AvgIpc) is 2.87. The SMILES string of the molecule is CCCCCC1CCC(c2ccc(-c3cc(F)c(C(F)(F)Oc4ccc(S(F)(F)(F)(F)F)cc4)c(F)c3)cc2)CC1.